The van der Waals surface area contributed by atoms with Crippen LogP contribution in [-0.4, -0.2) is 19.1 Å². The molecule has 1 atom stereocenters. The van der Waals surface area contributed by atoms with Gasteiger partial charge in [-0.25, -0.2) is 0 Å². The van der Waals surface area contributed by atoms with Gasteiger partial charge in [-0.1, -0.05) is 6.07 Å². The summed E-state index contributed by atoms with van der Waals surface area (Å²) in [6.45, 7) is 1.93. The predicted molar refractivity (Wildman–Crippen MR) is 90.5 cm³/mol. The minimum atomic E-state index is -0.165. The topological polar surface area (TPSA) is 60.7 Å². The molecule has 24 heavy (non-hydrogen) atoms. The molecule has 1 N–H and O–H groups in total. The zero-order chi connectivity index (χ0) is 16.9. The van der Waals surface area contributed by atoms with E-state index in [4.69, 9.17) is 13.9 Å². The zero-order valence-electron chi connectivity index (χ0n) is 14.1. The number of ether oxygens (including phenoxy) is 2. The summed E-state index contributed by atoms with van der Waals surface area (Å²) in [5.74, 6) is 1.30. The Hall–Kier alpha value is -2.43. The van der Waals surface area contributed by atoms with Crippen LogP contribution in [0.25, 0.3) is 0 Å². The molecule has 1 amide bonds. The molecule has 0 aliphatic heterocycles. The lowest BCUT2D eigenvalue weighted by molar-refractivity contribution is 0.0939. The van der Waals surface area contributed by atoms with Crippen LogP contribution in [0, 0.1) is 0 Å². The minimum absolute atomic E-state index is 0.151. The molecule has 1 heterocycles. The summed E-state index contributed by atoms with van der Waals surface area (Å²) in [5, 5.41) is 2.95. The largest absolute Gasteiger partial charge is 0.493 e. The molecule has 3 rings (SSSR count). The van der Waals surface area contributed by atoms with E-state index in [1.807, 2.05) is 25.1 Å². The van der Waals surface area contributed by atoms with Crippen molar-refractivity contribution >= 4 is 5.91 Å². The lowest BCUT2D eigenvalue weighted by atomic mass is 10.1. The normalized spacial score (nSPS) is 15.9. The minimum Gasteiger partial charge on any atom is -0.493 e. The second-order valence-electron chi connectivity index (χ2n) is 6.14. The van der Waals surface area contributed by atoms with E-state index < -0.39 is 0 Å². The van der Waals surface area contributed by atoms with Crippen molar-refractivity contribution in [3.63, 3.8) is 0 Å². The smallest absolute Gasteiger partial charge is 0.255 e. The molecule has 0 bridgehead atoms. The second-order valence-corrected chi connectivity index (χ2v) is 6.14. The Balaban J connectivity index is 1.69. The van der Waals surface area contributed by atoms with Crippen molar-refractivity contribution in [1.29, 1.82) is 0 Å². The van der Waals surface area contributed by atoms with Crippen molar-refractivity contribution in [2.45, 2.75) is 44.8 Å². The van der Waals surface area contributed by atoms with Crippen LogP contribution in [0.1, 0.15) is 54.6 Å². The number of furan rings is 1. The number of carbonyl (C=O) groups excluding carboxylic acids is 1. The van der Waals surface area contributed by atoms with Crippen LogP contribution < -0.4 is 14.8 Å². The third kappa shape index (κ3) is 3.72. The highest BCUT2D eigenvalue weighted by Crippen LogP contribution is 2.33. The highest BCUT2D eigenvalue weighted by molar-refractivity contribution is 5.94. The average Bonchev–Trinajstić information content (AvgIpc) is 3.28. The quantitative estimate of drug-likeness (QED) is 0.867. The summed E-state index contributed by atoms with van der Waals surface area (Å²) in [7, 11) is 1.63. The van der Waals surface area contributed by atoms with Crippen molar-refractivity contribution in [2.75, 3.05) is 7.11 Å². The summed E-state index contributed by atoms with van der Waals surface area (Å²) in [6, 6.07) is 7.30. The number of methoxy groups -OCH3 is 1. The van der Waals surface area contributed by atoms with Gasteiger partial charge < -0.3 is 19.2 Å². The molecule has 5 heteroatoms. The standard InChI is InChI=1S/C19H23NO4/c1-13(20-19(21)15-9-10-23-12-15)14-7-8-17(18(11-14)22-2)24-16-5-3-4-6-16/h7-13,16H,3-6H2,1-2H3,(H,20,21)/t13-/m0/s1. The Labute approximate surface area is 141 Å². The first kappa shape index (κ1) is 16.4. The molecule has 1 saturated carbocycles. The SMILES string of the molecule is COc1cc([C@H](C)NC(=O)c2ccoc2)ccc1OC1CCCC1. The number of benzene rings is 1. The predicted octanol–water partition coefficient (Wildman–Crippen LogP) is 4.10. The fourth-order valence-corrected chi connectivity index (χ4v) is 2.99. The van der Waals surface area contributed by atoms with E-state index in [0.29, 0.717) is 11.3 Å². The number of hydrogen-bond acceptors (Lipinski definition) is 4. The van der Waals surface area contributed by atoms with Gasteiger partial charge in [0, 0.05) is 0 Å². The van der Waals surface area contributed by atoms with Gasteiger partial charge in [-0.3, -0.25) is 4.79 Å². The summed E-state index contributed by atoms with van der Waals surface area (Å²) in [4.78, 5) is 12.1. The maximum absolute atomic E-state index is 12.1. The Kier molecular flexibility index (Phi) is 5.08. The fraction of sp³-hybridized carbons (Fsp3) is 0.421. The van der Waals surface area contributed by atoms with Crippen molar-refractivity contribution < 1.29 is 18.7 Å². The Morgan fingerprint density at radius 1 is 1.25 bits per heavy atom. The van der Waals surface area contributed by atoms with Gasteiger partial charge >= 0.3 is 0 Å². The summed E-state index contributed by atoms with van der Waals surface area (Å²) in [5.41, 5.74) is 1.47. The van der Waals surface area contributed by atoms with Crippen LogP contribution in [-0.2, 0) is 0 Å². The van der Waals surface area contributed by atoms with E-state index in [2.05, 4.69) is 5.32 Å². The molecule has 0 radical (unpaired) electrons. The van der Waals surface area contributed by atoms with Crippen LogP contribution in [0.3, 0.4) is 0 Å². The van der Waals surface area contributed by atoms with Gasteiger partial charge in [-0.05, 0) is 56.4 Å². The molecule has 1 aromatic heterocycles. The Morgan fingerprint density at radius 3 is 2.71 bits per heavy atom. The Bertz CT molecular complexity index is 675. The monoisotopic (exact) mass is 329 g/mol. The van der Waals surface area contributed by atoms with Crippen molar-refractivity contribution in [2.24, 2.45) is 0 Å². The molecule has 1 fully saturated rings. The molecule has 1 aliphatic rings. The third-order valence-electron chi connectivity index (χ3n) is 4.41. The van der Waals surface area contributed by atoms with Crippen LogP contribution in [0.2, 0.25) is 0 Å². The molecular formula is C19H23NO4. The van der Waals surface area contributed by atoms with E-state index >= 15 is 0 Å². The number of amides is 1. The number of carbonyl (C=O) groups is 1. The van der Waals surface area contributed by atoms with E-state index in [-0.39, 0.29) is 18.1 Å². The van der Waals surface area contributed by atoms with Crippen LogP contribution >= 0.6 is 0 Å². The number of rotatable bonds is 6. The molecule has 5 nitrogen and oxygen atoms in total. The van der Waals surface area contributed by atoms with Gasteiger partial charge in [0.25, 0.3) is 5.91 Å². The lowest BCUT2D eigenvalue weighted by Crippen LogP contribution is -2.26. The maximum atomic E-state index is 12.1. The number of nitrogens with one attached hydrogen (secondary N) is 1. The molecule has 1 aliphatic carbocycles. The number of hydrogen-bond donors (Lipinski definition) is 1. The van der Waals surface area contributed by atoms with E-state index in [1.165, 1.54) is 25.4 Å². The molecular weight excluding hydrogens is 306 g/mol. The van der Waals surface area contributed by atoms with Gasteiger partial charge in [0.1, 0.15) is 6.26 Å². The summed E-state index contributed by atoms with van der Waals surface area (Å²) < 4.78 is 16.5. The van der Waals surface area contributed by atoms with Gasteiger partial charge in [0.05, 0.1) is 31.1 Å². The average molecular weight is 329 g/mol. The van der Waals surface area contributed by atoms with Crippen LogP contribution in [0.5, 0.6) is 11.5 Å². The summed E-state index contributed by atoms with van der Waals surface area (Å²) in [6.07, 6.45) is 7.84. The van der Waals surface area contributed by atoms with E-state index in [1.54, 1.807) is 13.2 Å². The molecule has 0 saturated heterocycles. The van der Waals surface area contributed by atoms with Gasteiger partial charge in [-0.15, -0.1) is 0 Å². The molecule has 0 spiro atoms. The van der Waals surface area contributed by atoms with Gasteiger partial charge in [0.2, 0.25) is 0 Å². The van der Waals surface area contributed by atoms with Gasteiger partial charge in [-0.2, -0.15) is 0 Å². The van der Waals surface area contributed by atoms with Crippen molar-refractivity contribution in [1.82, 2.24) is 5.32 Å². The molecule has 0 unspecified atom stereocenters. The highest BCUT2D eigenvalue weighted by Gasteiger charge is 2.19. The fourth-order valence-electron chi connectivity index (χ4n) is 2.99. The highest BCUT2D eigenvalue weighted by atomic mass is 16.5. The zero-order valence-corrected chi connectivity index (χ0v) is 14.1. The maximum Gasteiger partial charge on any atom is 0.255 e. The first-order valence-electron chi connectivity index (χ1n) is 8.35. The Morgan fingerprint density at radius 2 is 2.04 bits per heavy atom. The van der Waals surface area contributed by atoms with Crippen molar-refractivity contribution in [3.8, 4) is 11.5 Å². The summed E-state index contributed by atoms with van der Waals surface area (Å²) >= 11 is 0. The second kappa shape index (κ2) is 7.43. The molecule has 2 aromatic rings. The van der Waals surface area contributed by atoms with Crippen LogP contribution in [0.15, 0.2) is 41.2 Å². The third-order valence-corrected chi connectivity index (χ3v) is 4.41. The van der Waals surface area contributed by atoms with Crippen LogP contribution in [0.4, 0.5) is 0 Å². The van der Waals surface area contributed by atoms with E-state index in [0.717, 1.165) is 24.2 Å². The molecule has 128 valence electrons. The van der Waals surface area contributed by atoms with E-state index in [9.17, 15) is 4.79 Å². The first-order chi connectivity index (χ1) is 11.7. The van der Waals surface area contributed by atoms with Crippen molar-refractivity contribution in [3.05, 3.63) is 47.9 Å². The lowest BCUT2D eigenvalue weighted by Gasteiger charge is -2.19. The first-order valence-corrected chi connectivity index (χ1v) is 8.35. The van der Waals surface area contributed by atoms with Gasteiger partial charge in [0.15, 0.2) is 11.5 Å². The molecule has 1 aromatic carbocycles.